The Morgan fingerprint density at radius 1 is 1.12 bits per heavy atom. The Hall–Kier alpha value is -2.04. The molecule has 0 aliphatic heterocycles. The van der Waals surface area contributed by atoms with E-state index >= 15 is 0 Å². The van der Waals surface area contributed by atoms with Crippen molar-refractivity contribution in [3.8, 4) is 0 Å². The van der Waals surface area contributed by atoms with Gasteiger partial charge in [0.25, 0.3) is 0 Å². The van der Waals surface area contributed by atoms with E-state index in [0.717, 1.165) is 4.90 Å². The standard InChI is InChI=1S/C10H7N5S/c11-15-14-8-4-1-2-5-9(8)16-10-12-6-3-7-13-10/h1-7H. The normalized spacial score (nSPS) is 9.50. The van der Waals surface area contributed by atoms with Gasteiger partial charge < -0.3 is 0 Å². The van der Waals surface area contributed by atoms with Crippen molar-refractivity contribution in [2.75, 3.05) is 0 Å². The van der Waals surface area contributed by atoms with E-state index < -0.39 is 0 Å². The number of nitrogens with zero attached hydrogens (tertiary/aromatic N) is 5. The highest BCUT2D eigenvalue weighted by Crippen LogP contribution is 2.32. The summed E-state index contributed by atoms with van der Waals surface area (Å²) in [5, 5.41) is 4.23. The Morgan fingerprint density at radius 2 is 1.88 bits per heavy atom. The monoisotopic (exact) mass is 229 g/mol. The molecular formula is C10H7N5S. The van der Waals surface area contributed by atoms with Crippen molar-refractivity contribution in [2.24, 2.45) is 5.11 Å². The van der Waals surface area contributed by atoms with Crippen LogP contribution in [0.15, 0.2) is 57.9 Å². The van der Waals surface area contributed by atoms with Crippen LogP contribution in [0.2, 0.25) is 0 Å². The predicted molar refractivity (Wildman–Crippen MR) is 61.4 cm³/mol. The summed E-state index contributed by atoms with van der Waals surface area (Å²) >= 11 is 1.37. The molecule has 0 atom stereocenters. The van der Waals surface area contributed by atoms with Crippen LogP contribution in [-0.2, 0) is 0 Å². The molecule has 0 spiro atoms. The van der Waals surface area contributed by atoms with Gasteiger partial charge in [-0.3, -0.25) is 0 Å². The van der Waals surface area contributed by atoms with Crippen molar-refractivity contribution in [3.05, 3.63) is 53.2 Å². The van der Waals surface area contributed by atoms with E-state index in [1.807, 2.05) is 18.2 Å². The van der Waals surface area contributed by atoms with Crippen molar-refractivity contribution in [3.63, 3.8) is 0 Å². The van der Waals surface area contributed by atoms with Gasteiger partial charge in [-0.2, -0.15) is 0 Å². The maximum atomic E-state index is 8.43. The van der Waals surface area contributed by atoms with Gasteiger partial charge in [0.05, 0.1) is 5.69 Å². The van der Waals surface area contributed by atoms with Gasteiger partial charge in [-0.15, -0.1) is 0 Å². The summed E-state index contributed by atoms with van der Waals surface area (Å²) in [6.45, 7) is 0. The number of benzene rings is 1. The Balaban J connectivity index is 2.31. The number of hydrogen-bond donors (Lipinski definition) is 0. The van der Waals surface area contributed by atoms with Gasteiger partial charge >= 0.3 is 0 Å². The van der Waals surface area contributed by atoms with Gasteiger partial charge in [-0.25, -0.2) is 9.97 Å². The van der Waals surface area contributed by atoms with Gasteiger partial charge in [0, 0.05) is 22.2 Å². The summed E-state index contributed by atoms with van der Waals surface area (Å²) in [5.74, 6) is 0. The van der Waals surface area contributed by atoms with Crippen LogP contribution in [0.3, 0.4) is 0 Å². The van der Waals surface area contributed by atoms with Crippen molar-refractivity contribution in [1.29, 1.82) is 0 Å². The minimum atomic E-state index is 0.586. The molecule has 6 heteroatoms. The molecule has 1 heterocycles. The first-order valence-electron chi connectivity index (χ1n) is 4.49. The number of hydrogen-bond acceptors (Lipinski definition) is 4. The lowest BCUT2D eigenvalue weighted by molar-refractivity contribution is 0.967. The molecule has 2 rings (SSSR count). The molecule has 0 aliphatic carbocycles. The first-order chi connectivity index (χ1) is 7.90. The minimum absolute atomic E-state index is 0.586. The fourth-order valence-electron chi connectivity index (χ4n) is 1.11. The lowest BCUT2D eigenvalue weighted by Crippen LogP contribution is -1.82. The zero-order valence-corrected chi connectivity index (χ0v) is 9.00. The smallest absolute Gasteiger partial charge is 0.192 e. The number of aromatic nitrogens is 2. The number of azide groups is 1. The molecule has 0 unspecified atom stereocenters. The Morgan fingerprint density at radius 3 is 2.62 bits per heavy atom. The highest BCUT2D eigenvalue weighted by atomic mass is 32.2. The molecule has 0 aliphatic rings. The van der Waals surface area contributed by atoms with Gasteiger partial charge in [0.2, 0.25) is 0 Å². The second-order valence-corrected chi connectivity index (χ2v) is 3.80. The molecule has 0 amide bonds. The highest BCUT2D eigenvalue weighted by Gasteiger charge is 2.03. The van der Waals surface area contributed by atoms with E-state index in [4.69, 9.17) is 5.53 Å². The maximum Gasteiger partial charge on any atom is 0.192 e. The topological polar surface area (TPSA) is 74.5 Å². The SMILES string of the molecule is [N-]=[N+]=Nc1ccccc1Sc1ncccn1. The molecule has 0 bridgehead atoms. The second-order valence-electron chi connectivity index (χ2n) is 2.79. The molecule has 2 aromatic rings. The van der Waals surface area contributed by atoms with Gasteiger partial charge in [0.1, 0.15) is 0 Å². The number of rotatable bonds is 3. The van der Waals surface area contributed by atoms with E-state index in [-0.39, 0.29) is 0 Å². The maximum absolute atomic E-state index is 8.43. The fourth-order valence-corrected chi connectivity index (χ4v) is 1.89. The van der Waals surface area contributed by atoms with E-state index in [0.29, 0.717) is 10.8 Å². The van der Waals surface area contributed by atoms with Crippen LogP contribution in [0.4, 0.5) is 5.69 Å². The summed E-state index contributed by atoms with van der Waals surface area (Å²) < 4.78 is 0. The van der Waals surface area contributed by atoms with Crippen LogP contribution < -0.4 is 0 Å². The molecule has 1 aromatic heterocycles. The van der Waals surface area contributed by atoms with Gasteiger partial charge in [0.15, 0.2) is 5.16 Å². The molecule has 0 saturated heterocycles. The Labute approximate surface area is 96.2 Å². The van der Waals surface area contributed by atoms with E-state index in [2.05, 4.69) is 20.0 Å². The highest BCUT2D eigenvalue weighted by molar-refractivity contribution is 7.99. The van der Waals surface area contributed by atoms with E-state index in [1.54, 1.807) is 24.5 Å². The quantitative estimate of drug-likeness (QED) is 0.349. The summed E-state index contributed by atoms with van der Waals surface area (Å²) in [4.78, 5) is 11.8. The molecule has 0 fully saturated rings. The fraction of sp³-hybridized carbons (Fsp3) is 0. The summed E-state index contributed by atoms with van der Waals surface area (Å²) in [7, 11) is 0. The molecular weight excluding hydrogens is 222 g/mol. The first kappa shape index (κ1) is 10.5. The average molecular weight is 229 g/mol. The molecule has 0 N–H and O–H groups in total. The van der Waals surface area contributed by atoms with Crippen molar-refractivity contribution < 1.29 is 0 Å². The van der Waals surface area contributed by atoms with Crippen molar-refractivity contribution in [1.82, 2.24) is 9.97 Å². The minimum Gasteiger partial charge on any atom is -0.231 e. The molecule has 5 nitrogen and oxygen atoms in total. The van der Waals surface area contributed by atoms with Crippen molar-refractivity contribution >= 4 is 17.4 Å². The Kier molecular flexibility index (Phi) is 3.38. The van der Waals surface area contributed by atoms with E-state index in [1.165, 1.54) is 11.8 Å². The van der Waals surface area contributed by atoms with Crippen LogP contribution in [0.5, 0.6) is 0 Å². The summed E-state index contributed by atoms with van der Waals surface area (Å²) in [6, 6.07) is 9.07. The third-order valence-electron chi connectivity index (χ3n) is 1.76. The predicted octanol–water partition coefficient (Wildman–Crippen LogP) is 3.57. The van der Waals surface area contributed by atoms with Crippen LogP contribution in [0.1, 0.15) is 0 Å². The van der Waals surface area contributed by atoms with Crippen molar-refractivity contribution in [2.45, 2.75) is 10.1 Å². The molecule has 1 aromatic carbocycles. The van der Waals surface area contributed by atoms with E-state index in [9.17, 15) is 0 Å². The Bertz CT molecular complexity index is 522. The van der Waals surface area contributed by atoms with Gasteiger partial charge in [-0.05, 0) is 29.4 Å². The summed E-state index contributed by atoms with van der Waals surface area (Å²) in [5.41, 5.74) is 9.01. The lowest BCUT2D eigenvalue weighted by atomic mass is 10.3. The zero-order chi connectivity index (χ0) is 11.2. The largest absolute Gasteiger partial charge is 0.231 e. The molecule has 0 radical (unpaired) electrons. The molecule has 0 saturated carbocycles. The van der Waals surface area contributed by atoms with Crippen LogP contribution in [0, 0.1) is 0 Å². The third kappa shape index (κ3) is 2.50. The average Bonchev–Trinajstić information content (AvgIpc) is 2.33. The lowest BCUT2D eigenvalue weighted by Gasteiger charge is -2.02. The second kappa shape index (κ2) is 5.16. The van der Waals surface area contributed by atoms with Crippen LogP contribution in [0.25, 0.3) is 10.4 Å². The summed E-state index contributed by atoms with van der Waals surface area (Å²) in [6.07, 6.45) is 3.34. The molecule has 78 valence electrons. The zero-order valence-electron chi connectivity index (χ0n) is 8.19. The van der Waals surface area contributed by atoms with Gasteiger partial charge in [-0.1, -0.05) is 23.3 Å². The van der Waals surface area contributed by atoms with Crippen LogP contribution in [-0.4, -0.2) is 9.97 Å². The first-order valence-corrected chi connectivity index (χ1v) is 5.31. The molecule has 16 heavy (non-hydrogen) atoms. The third-order valence-corrected chi connectivity index (χ3v) is 2.72. The van der Waals surface area contributed by atoms with Crippen LogP contribution >= 0.6 is 11.8 Å².